The minimum atomic E-state index is -0.976. The van der Waals surface area contributed by atoms with E-state index in [2.05, 4.69) is 52.0 Å². The molecule has 0 bridgehead atoms. The lowest BCUT2D eigenvalue weighted by molar-refractivity contribution is 0.957. The first-order valence-electron chi connectivity index (χ1n) is 8.62. The molecule has 21 heavy (non-hydrogen) atoms. The largest absolute Gasteiger partial charge is 0.138 e. The van der Waals surface area contributed by atoms with Gasteiger partial charge in [0.15, 0.2) is 0 Å². The molecule has 2 heterocycles. The van der Waals surface area contributed by atoms with E-state index in [1.165, 1.54) is 61.0 Å². The molecular formula is C20H32Si-. The van der Waals surface area contributed by atoms with Crippen LogP contribution < -0.4 is 0 Å². The van der Waals surface area contributed by atoms with Gasteiger partial charge in [0.2, 0.25) is 0 Å². The van der Waals surface area contributed by atoms with Crippen LogP contribution in [0, 0.1) is 0 Å². The number of hydrogen-bond donors (Lipinski definition) is 0. The molecule has 0 N–H and O–H groups in total. The zero-order valence-corrected chi connectivity index (χ0v) is 15.5. The van der Waals surface area contributed by atoms with Crippen molar-refractivity contribution in [3.05, 3.63) is 46.6 Å². The number of allylic oxidation sites excluding steroid dienone is 8. The maximum Gasteiger partial charge on any atom is -0.0312 e. The average Bonchev–Trinajstić information content (AvgIpc) is 2.97. The molecule has 0 aromatic heterocycles. The van der Waals surface area contributed by atoms with E-state index in [0.717, 1.165) is 0 Å². The van der Waals surface area contributed by atoms with E-state index < -0.39 is 8.07 Å². The van der Waals surface area contributed by atoms with Gasteiger partial charge in [0.05, 0.1) is 0 Å². The molecule has 2 aliphatic rings. The van der Waals surface area contributed by atoms with Crippen LogP contribution in [0.25, 0.3) is 0 Å². The fourth-order valence-corrected chi connectivity index (χ4v) is 8.62. The van der Waals surface area contributed by atoms with Crippen LogP contribution in [-0.2, 0) is 0 Å². The highest BCUT2D eigenvalue weighted by Crippen LogP contribution is 2.45. The predicted octanol–water partition coefficient (Wildman–Crippen LogP) is 6.81. The molecule has 2 aliphatic heterocycles. The van der Waals surface area contributed by atoms with Gasteiger partial charge in [-0.05, 0) is 53.4 Å². The first kappa shape index (κ1) is 16.5. The van der Waals surface area contributed by atoms with E-state index in [1.54, 1.807) is 11.1 Å². The number of hydrogen-bond acceptors (Lipinski definition) is 0. The van der Waals surface area contributed by atoms with Crippen LogP contribution >= 0.6 is 0 Å². The Morgan fingerprint density at radius 3 is 1.67 bits per heavy atom. The summed E-state index contributed by atoms with van der Waals surface area (Å²) in [5.74, 6) is 0. The highest BCUT2D eigenvalue weighted by Gasteiger charge is 2.28. The van der Waals surface area contributed by atoms with Crippen LogP contribution in [0.4, 0.5) is 0 Å². The monoisotopic (exact) mass is 300 g/mol. The second-order valence-corrected chi connectivity index (χ2v) is 12.2. The molecule has 0 aromatic rings. The predicted molar refractivity (Wildman–Crippen MR) is 98.5 cm³/mol. The van der Waals surface area contributed by atoms with Crippen LogP contribution in [0.15, 0.2) is 46.6 Å². The summed E-state index contributed by atoms with van der Waals surface area (Å²) in [6.07, 6.45) is 15.1. The molecule has 0 saturated carbocycles. The van der Waals surface area contributed by atoms with Crippen LogP contribution in [0.1, 0.15) is 53.4 Å². The van der Waals surface area contributed by atoms with Crippen molar-refractivity contribution < 1.29 is 0 Å². The third-order valence-corrected chi connectivity index (χ3v) is 9.44. The topological polar surface area (TPSA) is 0 Å². The Hall–Kier alpha value is -0.823. The highest BCUT2D eigenvalue weighted by molar-refractivity contribution is 6.83. The lowest BCUT2D eigenvalue weighted by Crippen LogP contribution is -2.26. The van der Waals surface area contributed by atoms with Crippen molar-refractivity contribution in [1.82, 2.24) is 0 Å². The summed E-state index contributed by atoms with van der Waals surface area (Å²) < 4.78 is 0. The summed E-state index contributed by atoms with van der Waals surface area (Å²) in [7, 11) is -0.976. The Bertz CT molecular complexity index is 434. The van der Waals surface area contributed by atoms with Gasteiger partial charge in [0.25, 0.3) is 0 Å². The molecule has 0 aromatic carbocycles. The molecule has 0 fully saturated rings. The minimum absolute atomic E-state index is 0.976. The van der Waals surface area contributed by atoms with Gasteiger partial charge in [0, 0.05) is 0 Å². The Balaban J connectivity index is 1.76. The standard InChI is InChI=1S/C20H32Si/c1-17(2)7-5-9-19-11-13-21(15-19)14-12-20(16-21)10-6-8-18(3)4/h7-8,11-12H,5-6,9-10,13-16H2,1-4H3/q-1. The SMILES string of the molecule is CC(C)=CCCC1=CC[Si-]2(CC=C(CCC=C(C)C)C2)C1. The molecule has 0 atom stereocenters. The maximum absolute atomic E-state index is 2.61. The Morgan fingerprint density at radius 1 is 0.857 bits per heavy atom. The normalized spacial score (nSPS) is 19.4. The average molecular weight is 301 g/mol. The lowest BCUT2D eigenvalue weighted by Gasteiger charge is -2.34. The van der Waals surface area contributed by atoms with E-state index in [-0.39, 0.29) is 0 Å². The van der Waals surface area contributed by atoms with Crippen molar-refractivity contribution >= 4 is 8.07 Å². The van der Waals surface area contributed by atoms with Gasteiger partial charge in [-0.1, -0.05) is 23.3 Å². The van der Waals surface area contributed by atoms with Crippen LogP contribution in [-0.4, -0.2) is 8.07 Å². The first-order chi connectivity index (χ1) is 9.99. The Kier molecular flexibility index (Phi) is 5.86. The second kappa shape index (κ2) is 7.44. The van der Waals surface area contributed by atoms with Crippen LogP contribution in [0.2, 0.25) is 24.2 Å². The lowest BCUT2D eigenvalue weighted by atomic mass is 10.1. The fraction of sp³-hybridized carbons (Fsp3) is 0.600. The summed E-state index contributed by atoms with van der Waals surface area (Å²) in [5, 5.41) is 0. The quantitative estimate of drug-likeness (QED) is 0.373. The molecule has 1 heteroatoms. The van der Waals surface area contributed by atoms with E-state index in [4.69, 9.17) is 0 Å². The van der Waals surface area contributed by atoms with Gasteiger partial charge in [-0.2, -0.15) is 0 Å². The Labute approximate surface area is 132 Å². The molecule has 0 radical (unpaired) electrons. The van der Waals surface area contributed by atoms with Crippen molar-refractivity contribution in [2.75, 3.05) is 0 Å². The fourth-order valence-electron chi connectivity index (χ4n) is 3.74. The zero-order valence-electron chi connectivity index (χ0n) is 14.5. The summed E-state index contributed by atoms with van der Waals surface area (Å²) in [6, 6.07) is 5.90. The molecular weight excluding hydrogens is 268 g/mol. The van der Waals surface area contributed by atoms with E-state index in [9.17, 15) is 0 Å². The van der Waals surface area contributed by atoms with Crippen LogP contribution in [0.3, 0.4) is 0 Å². The van der Waals surface area contributed by atoms with E-state index >= 15 is 0 Å². The molecule has 1 spiro atoms. The molecule has 0 saturated heterocycles. The third-order valence-electron chi connectivity index (χ3n) is 4.89. The van der Waals surface area contributed by atoms with Gasteiger partial charge in [0.1, 0.15) is 0 Å². The molecule has 117 valence electrons. The van der Waals surface area contributed by atoms with Crippen molar-refractivity contribution in [3.63, 3.8) is 0 Å². The summed E-state index contributed by atoms with van der Waals surface area (Å²) in [5.41, 5.74) is 6.48. The molecule has 0 unspecified atom stereocenters. The molecule has 0 nitrogen and oxygen atoms in total. The summed E-state index contributed by atoms with van der Waals surface area (Å²) in [4.78, 5) is 0. The van der Waals surface area contributed by atoms with E-state index in [1.807, 2.05) is 0 Å². The van der Waals surface area contributed by atoms with Gasteiger partial charge < -0.3 is 0 Å². The summed E-state index contributed by atoms with van der Waals surface area (Å²) >= 11 is 0. The van der Waals surface area contributed by atoms with Gasteiger partial charge in [-0.15, -0.1) is 55.5 Å². The molecule has 0 aliphatic carbocycles. The molecule has 2 rings (SSSR count). The first-order valence-corrected chi connectivity index (χ1v) is 11.4. The van der Waals surface area contributed by atoms with Crippen molar-refractivity contribution in [3.8, 4) is 0 Å². The Morgan fingerprint density at radius 2 is 1.29 bits per heavy atom. The second-order valence-electron chi connectivity index (χ2n) is 7.63. The minimum Gasteiger partial charge on any atom is -0.138 e. The summed E-state index contributed by atoms with van der Waals surface area (Å²) in [6.45, 7) is 8.83. The van der Waals surface area contributed by atoms with Gasteiger partial charge in [-0.25, -0.2) is 0 Å². The highest BCUT2D eigenvalue weighted by atomic mass is 28.3. The van der Waals surface area contributed by atoms with Crippen LogP contribution in [0.5, 0.6) is 0 Å². The van der Waals surface area contributed by atoms with Gasteiger partial charge in [-0.3, -0.25) is 0 Å². The zero-order chi connectivity index (χ0) is 15.3. The van der Waals surface area contributed by atoms with Crippen molar-refractivity contribution in [2.24, 2.45) is 0 Å². The smallest absolute Gasteiger partial charge is 0.0312 e. The van der Waals surface area contributed by atoms with Crippen molar-refractivity contribution in [2.45, 2.75) is 77.6 Å². The maximum atomic E-state index is 2.61. The molecule has 0 amide bonds. The third kappa shape index (κ3) is 5.14. The number of rotatable bonds is 6. The van der Waals surface area contributed by atoms with Crippen molar-refractivity contribution in [1.29, 1.82) is 0 Å². The van der Waals surface area contributed by atoms with E-state index in [0.29, 0.717) is 0 Å². The van der Waals surface area contributed by atoms with Gasteiger partial charge >= 0.3 is 0 Å².